The lowest BCUT2D eigenvalue weighted by Crippen LogP contribution is -2.17. The summed E-state index contributed by atoms with van der Waals surface area (Å²) in [5, 5.41) is 2.69. The molecule has 0 amide bonds. The van der Waals surface area contributed by atoms with E-state index in [4.69, 9.17) is 0 Å². The first-order valence-electron chi connectivity index (χ1n) is 18.6. The molecule has 0 unspecified atom stereocenters. The molecule has 0 atom stereocenters. The maximum atomic E-state index is 2.48. The minimum atomic E-state index is -0.0571. The van der Waals surface area contributed by atoms with Crippen LogP contribution in [-0.4, -0.2) is 0 Å². The molecule has 0 fully saturated rings. The van der Waals surface area contributed by atoms with Gasteiger partial charge in [-0.3, -0.25) is 0 Å². The highest BCUT2D eigenvalue weighted by Crippen LogP contribution is 2.53. The van der Waals surface area contributed by atoms with Crippen molar-refractivity contribution < 1.29 is 0 Å². The summed E-state index contributed by atoms with van der Waals surface area (Å²) in [4.78, 5) is 0. The fourth-order valence-corrected chi connectivity index (χ4v) is 10.4. The fraction of sp³-hybridized carbons (Fsp3) is 0.280. The van der Waals surface area contributed by atoms with Gasteiger partial charge in [0, 0.05) is 31.0 Å². The molecule has 0 radical (unpaired) electrons. The molecule has 51 heavy (non-hydrogen) atoms. The smallest absolute Gasteiger partial charge is 0.0434 e. The van der Waals surface area contributed by atoms with Gasteiger partial charge in [-0.05, 0) is 101 Å². The quantitative estimate of drug-likeness (QED) is 0.170. The topological polar surface area (TPSA) is 0 Å². The van der Waals surface area contributed by atoms with Gasteiger partial charge in [0.1, 0.15) is 0 Å². The highest BCUT2D eigenvalue weighted by molar-refractivity contribution is 7.26. The van der Waals surface area contributed by atoms with Crippen LogP contribution in [0.4, 0.5) is 0 Å². The van der Waals surface area contributed by atoms with E-state index in [-0.39, 0.29) is 21.7 Å². The van der Waals surface area contributed by atoms with Crippen LogP contribution in [0.3, 0.4) is 0 Å². The molecule has 254 valence electrons. The van der Waals surface area contributed by atoms with Crippen molar-refractivity contribution in [3.05, 3.63) is 143 Å². The van der Waals surface area contributed by atoms with Gasteiger partial charge in [0.2, 0.25) is 0 Å². The van der Waals surface area contributed by atoms with Gasteiger partial charge in [0.25, 0.3) is 0 Å². The number of rotatable bonds is 2. The van der Waals surface area contributed by atoms with Crippen molar-refractivity contribution in [2.24, 2.45) is 0 Å². The Morgan fingerprint density at radius 3 is 1.12 bits per heavy atom. The summed E-state index contributed by atoms with van der Waals surface area (Å²) in [6.07, 6.45) is 0. The molecule has 1 heteroatoms. The normalized spacial score (nSPS) is 15.6. The number of hydrogen-bond acceptors (Lipinski definition) is 1. The monoisotopic (exact) mass is 680 g/mol. The van der Waals surface area contributed by atoms with Crippen LogP contribution in [0.2, 0.25) is 0 Å². The fourth-order valence-electron chi connectivity index (χ4n) is 9.02. The van der Waals surface area contributed by atoms with Crippen molar-refractivity contribution in [1.82, 2.24) is 0 Å². The molecular weight excluding hydrogens is 633 g/mol. The van der Waals surface area contributed by atoms with Gasteiger partial charge in [-0.1, -0.05) is 166 Å². The van der Waals surface area contributed by atoms with Crippen LogP contribution in [0.5, 0.6) is 0 Å². The predicted octanol–water partition coefficient (Wildman–Crippen LogP) is 14.6. The second kappa shape index (κ2) is 10.5. The maximum Gasteiger partial charge on any atom is 0.0434 e. The third kappa shape index (κ3) is 4.70. The lowest BCUT2D eigenvalue weighted by molar-refractivity contribution is 0.584. The molecule has 1 heterocycles. The van der Waals surface area contributed by atoms with Crippen LogP contribution in [-0.2, 0) is 21.7 Å². The third-order valence-corrected chi connectivity index (χ3v) is 13.5. The standard InChI is InChI=1S/C50H48S/c1-47(2,3)31-19-23-37-35-21-17-29(25-41(35)49(7,8)43(37)27-31)33-13-11-15-39-40-16-12-14-34(46(40)51-45(33)39)30-18-22-36-38-24-20-32(48(4,5)6)28-44(38)50(9,10)42(36)26-30/h11-28H,1-10H3. The Morgan fingerprint density at radius 2 is 0.745 bits per heavy atom. The van der Waals surface area contributed by atoms with Crippen molar-refractivity contribution in [3.63, 3.8) is 0 Å². The molecule has 7 aromatic rings. The SMILES string of the molecule is CC(C)(C)c1ccc2c(c1)C(C)(C)c1cc(-c3cccc4c3sc3c(-c5ccc6c(c5)C(C)(C)c5cc(C(C)(C)C)ccc5-6)cccc34)ccc1-2. The molecular formula is C50H48S. The van der Waals surface area contributed by atoms with E-state index in [1.807, 2.05) is 11.3 Å². The van der Waals surface area contributed by atoms with Crippen molar-refractivity contribution in [2.75, 3.05) is 0 Å². The lowest BCUT2D eigenvalue weighted by Gasteiger charge is -2.25. The van der Waals surface area contributed by atoms with E-state index < -0.39 is 0 Å². The third-order valence-electron chi connectivity index (χ3n) is 12.2. The molecule has 0 saturated heterocycles. The first-order valence-corrected chi connectivity index (χ1v) is 19.4. The molecule has 0 bridgehead atoms. The van der Waals surface area contributed by atoms with Crippen molar-refractivity contribution in [1.29, 1.82) is 0 Å². The summed E-state index contributed by atoms with van der Waals surface area (Å²) >= 11 is 1.95. The van der Waals surface area contributed by atoms with Crippen LogP contribution in [0, 0.1) is 0 Å². The molecule has 0 saturated carbocycles. The predicted molar refractivity (Wildman–Crippen MR) is 223 cm³/mol. The van der Waals surface area contributed by atoms with Crippen LogP contribution in [0.15, 0.2) is 109 Å². The van der Waals surface area contributed by atoms with Gasteiger partial charge in [-0.2, -0.15) is 0 Å². The zero-order chi connectivity index (χ0) is 35.8. The summed E-state index contributed by atoms with van der Waals surface area (Å²) in [5.41, 5.74) is 19.5. The molecule has 0 nitrogen and oxygen atoms in total. The average molecular weight is 681 g/mol. The molecule has 1 aromatic heterocycles. The molecule has 0 spiro atoms. The van der Waals surface area contributed by atoms with Crippen LogP contribution in [0.25, 0.3) is 64.7 Å². The van der Waals surface area contributed by atoms with Gasteiger partial charge in [0.15, 0.2) is 0 Å². The first-order chi connectivity index (χ1) is 24.0. The molecule has 0 aliphatic heterocycles. The second-order valence-corrected chi connectivity index (χ2v) is 19.3. The minimum Gasteiger partial charge on any atom is -0.134 e. The van der Waals surface area contributed by atoms with Crippen molar-refractivity contribution >= 4 is 31.5 Å². The Hall–Kier alpha value is -4.46. The number of thiophene rings is 1. The Morgan fingerprint density at radius 1 is 0.392 bits per heavy atom. The molecule has 9 rings (SSSR count). The minimum absolute atomic E-state index is 0.0571. The van der Waals surface area contributed by atoms with Gasteiger partial charge in [0.05, 0.1) is 0 Å². The van der Waals surface area contributed by atoms with E-state index in [0.717, 1.165) is 0 Å². The maximum absolute atomic E-state index is 2.48. The van der Waals surface area contributed by atoms with E-state index in [0.29, 0.717) is 0 Å². The van der Waals surface area contributed by atoms with Crippen LogP contribution >= 0.6 is 11.3 Å². The summed E-state index contributed by atoms with van der Waals surface area (Å²) in [7, 11) is 0. The first kappa shape index (κ1) is 32.4. The van der Waals surface area contributed by atoms with E-state index in [9.17, 15) is 0 Å². The van der Waals surface area contributed by atoms with Crippen molar-refractivity contribution in [3.8, 4) is 44.5 Å². The second-order valence-electron chi connectivity index (χ2n) is 18.3. The van der Waals surface area contributed by atoms with E-state index in [1.165, 1.54) is 98.1 Å². The van der Waals surface area contributed by atoms with Crippen molar-refractivity contribution in [2.45, 2.75) is 90.9 Å². The van der Waals surface area contributed by atoms with E-state index in [1.54, 1.807) is 0 Å². The Kier molecular flexibility index (Phi) is 6.71. The van der Waals surface area contributed by atoms with Gasteiger partial charge in [-0.15, -0.1) is 11.3 Å². The van der Waals surface area contributed by atoms with Gasteiger partial charge < -0.3 is 0 Å². The largest absolute Gasteiger partial charge is 0.134 e. The summed E-state index contributed by atoms with van der Waals surface area (Å²) < 4.78 is 2.73. The van der Waals surface area contributed by atoms with Gasteiger partial charge >= 0.3 is 0 Å². The number of hydrogen-bond donors (Lipinski definition) is 0. The summed E-state index contributed by atoms with van der Waals surface area (Å²) in [6.45, 7) is 23.5. The zero-order valence-electron chi connectivity index (χ0n) is 31.8. The van der Waals surface area contributed by atoms with Crippen LogP contribution in [0.1, 0.15) is 103 Å². The Balaban J connectivity index is 1.15. The average Bonchev–Trinajstić information content (AvgIpc) is 3.66. The zero-order valence-corrected chi connectivity index (χ0v) is 32.6. The van der Waals surface area contributed by atoms with E-state index in [2.05, 4.69) is 178 Å². The summed E-state index contributed by atoms with van der Waals surface area (Å²) in [5.74, 6) is 0. The molecule has 2 aliphatic carbocycles. The Bertz CT molecular complexity index is 2410. The lowest BCUT2D eigenvalue weighted by atomic mass is 9.78. The molecule has 2 aliphatic rings. The Labute approximate surface area is 308 Å². The highest BCUT2D eigenvalue weighted by Gasteiger charge is 2.38. The summed E-state index contributed by atoms with van der Waals surface area (Å²) in [6, 6.07) is 42.5. The molecule has 6 aromatic carbocycles. The van der Waals surface area contributed by atoms with Crippen LogP contribution < -0.4 is 0 Å². The van der Waals surface area contributed by atoms with E-state index >= 15 is 0 Å². The number of fused-ring (bicyclic) bond motifs is 9. The highest BCUT2D eigenvalue weighted by atomic mass is 32.1. The van der Waals surface area contributed by atoms with Gasteiger partial charge in [-0.25, -0.2) is 0 Å². The molecule has 0 N–H and O–H groups in total. The number of benzene rings is 6.